The summed E-state index contributed by atoms with van der Waals surface area (Å²) in [6.07, 6.45) is 2.56. The lowest BCUT2D eigenvalue weighted by atomic mass is 9.96. The maximum Gasteiger partial charge on any atom is 0.303 e. The maximum atomic E-state index is 12.8. The van der Waals surface area contributed by atoms with E-state index < -0.39 is 11.6 Å². The molecule has 27 heavy (non-hydrogen) atoms. The van der Waals surface area contributed by atoms with Crippen LogP contribution in [-0.2, 0) is 9.59 Å². The Morgan fingerprint density at radius 1 is 1.37 bits per heavy atom. The molecule has 1 amide bonds. The number of nitrogens with zero attached hydrogens (tertiary/aromatic N) is 3. The molecule has 3 rings (SSSR count). The van der Waals surface area contributed by atoms with Crippen LogP contribution in [0.2, 0.25) is 0 Å². The van der Waals surface area contributed by atoms with Crippen LogP contribution in [0, 0.1) is 11.3 Å². The highest BCUT2D eigenvalue weighted by Crippen LogP contribution is 2.38. The number of carbonyl (C=O) groups excluding carboxylic acids is 1. The molecule has 0 unspecified atom stereocenters. The largest absolute Gasteiger partial charge is 0.483 e. The third-order valence-corrected chi connectivity index (χ3v) is 4.70. The first-order valence-corrected chi connectivity index (χ1v) is 9.00. The van der Waals surface area contributed by atoms with Gasteiger partial charge in [0.15, 0.2) is 0 Å². The molecular formula is C20H23N3O4. The predicted octanol–water partition coefficient (Wildman–Crippen LogP) is 2.08. The van der Waals surface area contributed by atoms with Gasteiger partial charge in [-0.1, -0.05) is 0 Å². The van der Waals surface area contributed by atoms with Gasteiger partial charge in [0.1, 0.15) is 11.4 Å². The number of carboxylic acids is 1. The van der Waals surface area contributed by atoms with E-state index in [1.165, 1.54) is 0 Å². The number of benzene rings is 1. The Hall–Kier alpha value is -2.85. The van der Waals surface area contributed by atoms with E-state index in [4.69, 9.17) is 9.84 Å². The van der Waals surface area contributed by atoms with Crippen molar-refractivity contribution in [1.82, 2.24) is 9.80 Å². The molecule has 1 fully saturated rings. The summed E-state index contributed by atoms with van der Waals surface area (Å²) in [5.74, 6) is -0.193. The topological polar surface area (TPSA) is 93.9 Å². The zero-order valence-corrected chi connectivity index (χ0v) is 15.6. The molecule has 0 bridgehead atoms. The SMILES string of the molecule is CC1(C)C=C(N2CCN(CCCC(=O)O)CC2=O)c2cc(C#N)ccc2O1. The Labute approximate surface area is 158 Å². The van der Waals surface area contributed by atoms with Gasteiger partial charge in [-0.05, 0) is 51.1 Å². The first-order valence-electron chi connectivity index (χ1n) is 9.00. The quantitative estimate of drug-likeness (QED) is 0.854. The summed E-state index contributed by atoms with van der Waals surface area (Å²) in [7, 11) is 0. The molecule has 0 radical (unpaired) electrons. The molecule has 7 heteroatoms. The third-order valence-electron chi connectivity index (χ3n) is 4.70. The summed E-state index contributed by atoms with van der Waals surface area (Å²) in [6.45, 7) is 5.91. The van der Waals surface area contributed by atoms with Crippen molar-refractivity contribution in [2.24, 2.45) is 0 Å². The Bertz CT molecular complexity index is 838. The molecule has 1 aromatic carbocycles. The second-order valence-corrected chi connectivity index (χ2v) is 7.38. The highest BCUT2D eigenvalue weighted by atomic mass is 16.5. The minimum atomic E-state index is -0.820. The number of amides is 1. The molecule has 142 valence electrons. The average Bonchev–Trinajstić information content (AvgIpc) is 2.60. The highest BCUT2D eigenvalue weighted by molar-refractivity contribution is 5.90. The van der Waals surface area contributed by atoms with Crippen LogP contribution in [0.15, 0.2) is 24.3 Å². The molecule has 0 spiro atoms. The fourth-order valence-electron chi connectivity index (χ4n) is 3.45. The summed E-state index contributed by atoms with van der Waals surface area (Å²) in [5.41, 5.74) is 1.48. The van der Waals surface area contributed by atoms with Crippen LogP contribution in [0.3, 0.4) is 0 Å². The van der Waals surface area contributed by atoms with Crippen LogP contribution in [-0.4, -0.2) is 58.6 Å². The van der Waals surface area contributed by atoms with Crippen molar-refractivity contribution in [1.29, 1.82) is 5.26 Å². The van der Waals surface area contributed by atoms with Crippen molar-refractivity contribution in [3.05, 3.63) is 35.4 Å². The van der Waals surface area contributed by atoms with E-state index in [0.717, 1.165) is 11.3 Å². The van der Waals surface area contributed by atoms with Crippen LogP contribution in [0.1, 0.15) is 37.8 Å². The maximum absolute atomic E-state index is 12.8. The van der Waals surface area contributed by atoms with Crippen LogP contribution < -0.4 is 4.74 Å². The third kappa shape index (κ3) is 4.29. The van der Waals surface area contributed by atoms with Gasteiger partial charge >= 0.3 is 5.97 Å². The number of hydrogen-bond donors (Lipinski definition) is 1. The fourth-order valence-corrected chi connectivity index (χ4v) is 3.45. The minimum Gasteiger partial charge on any atom is -0.483 e. The Kier molecular flexibility index (Phi) is 5.19. The zero-order chi connectivity index (χ0) is 19.6. The van der Waals surface area contributed by atoms with E-state index in [1.807, 2.05) is 24.8 Å². The molecule has 0 atom stereocenters. The number of carbonyl (C=O) groups is 2. The monoisotopic (exact) mass is 369 g/mol. The minimum absolute atomic E-state index is 0.0335. The number of carboxylic acid groups (broad SMARTS) is 1. The summed E-state index contributed by atoms with van der Waals surface area (Å²) >= 11 is 0. The number of nitriles is 1. The number of piperazine rings is 1. The summed E-state index contributed by atoms with van der Waals surface area (Å²) < 4.78 is 5.98. The highest BCUT2D eigenvalue weighted by Gasteiger charge is 2.34. The molecule has 1 saturated heterocycles. The van der Waals surface area contributed by atoms with Gasteiger partial charge < -0.3 is 14.7 Å². The van der Waals surface area contributed by atoms with Crippen LogP contribution in [0.5, 0.6) is 5.75 Å². The molecule has 0 aliphatic carbocycles. The van der Waals surface area contributed by atoms with Crippen molar-refractivity contribution in [2.75, 3.05) is 26.2 Å². The molecule has 2 aliphatic heterocycles. The molecule has 2 heterocycles. The van der Waals surface area contributed by atoms with Gasteiger partial charge in [0, 0.05) is 25.1 Å². The number of fused-ring (bicyclic) bond motifs is 1. The molecule has 1 aromatic rings. The number of hydrogen-bond acceptors (Lipinski definition) is 5. The lowest BCUT2D eigenvalue weighted by molar-refractivity contribution is -0.137. The smallest absolute Gasteiger partial charge is 0.303 e. The van der Waals surface area contributed by atoms with Crippen molar-refractivity contribution in [2.45, 2.75) is 32.3 Å². The molecule has 0 saturated carbocycles. The molecule has 7 nitrogen and oxygen atoms in total. The van der Waals surface area contributed by atoms with Crippen molar-refractivity contribution >= 4 is 17.6 Å². The van der Waals surface area contributed by atoms with Crippen molar-refractivity contribution in [3.63, 3.8) is 0 Å². The van der Waals surface area contributed by atoms with Gasteiger partial charge in [-0.25, -0.2) is 0 Å². The van der Waals surface area contributed by atoms with Gasteiger partial charge in [-0.3, -0.25) is 14.5 Å². The van der Waals surface area contributed by atoms with E-state index in [-0.39, 0.29) is 18.9 Å². The first-order chi connectivity index (χ1) is 12.8. The Morgan fingerprint density at radius 2 is 2.15 bits per heavy atom. The van der Waals surface area contributed by atoms with E-state index >= 15 is 0 Å². The molecule has 1 N–H and O–H groups in total. The van der Waals surface area contributed by atoms with E-state index in [2.05, 4.69) is 6.07 Å². The van der Waals surface area contributed by atoms with E-state index in [0.29, 0.717) is 37.4 Å². The van der Waals surface area contributed by atoms with Crippen LogP contribution in [0.25, 0.3) is 5.70 Å². The average molecular weight is 369 g/mol. The number of ether oxygens (including phenoxy) is 1. The van der Waals surface area contributed by atoms with Gasteiger partial charge in [0.2, 0.25) is 5.91 Å². The predicted molar refractivity (Wildman–Crippen MR) is 98.9 cm³/mol. The summed E-state index contributed by atoms with van der Waals surface area (Å²) in [5, 5.41) is 18.0. The van der Waals surface area contributed by atoms with Crippen molar-refractivity contribution < 1.29 is 19.4 Å². The Morgan fingerprint density at radius 3 is 2.81 bits per heavy atom. The van der Waals surface area contributed by atoms with Crippen molar-refractivity contribution in [3.8, 4) is 11.8 Å². The fraction of sp³-hybridized carbons (Fsp3) is 0.450. The van der Waals surface area contributed by atoms with Gasteiger partial charge in [0.05, 0.1) is 23.9 Å². The second-order valence-electron chi connectivity index (χ2n) is 7.38. The lowest BCUT2D eigenvalue weighted by Crippen LogP contribution is -2.50. The molecule has 0 aromatic heterocycles. The first kappa shape index (κ1) is 18.9. The number of rotatable bonds is 5. The second kappa shape index (κ2) is 7.41. The normalized spacial score (nSPS) is 18.9. The lowest BCUT2D eigenvalue weighted by Gasteiger charge is -2.39. The summed E-state index contributed by atoms with van der Waals surface area (Å²) in [4.78, 5) is 27.2. The standard InChI is InChI=1S/C20H23N3O4/c1-20(2)11-16(15-10-14(12-21)5-6-17(15)27-20)23-9-8-22(13-18(23)24)7-3-4-19(25)26/h5-6,10-11H,3-4,7-9,13H2,1-2H3,(H,25,26). The van der Waals surface area contributed by atoms with Gasteiger partial charge in [-0.2, -0.15) is 5.26 Å². The van der Waals surface area contributed by atoms with E-state index in [1.54, 1.807) is 23.1 Å². The van der Waals surface area contributed by atoms with Gasteiger partial charge in [0.25, 0.3) is 0 Å². The molecular weight excluding hydrogens is 346 g/mol. The van der Waals surface area contributed by atoms with Crippen LogP contribution >= 0.6 is 0 Å². The summed E-state index contributed by atoms with van der Waals surface area (Å²) in [6, 6.07) is 7.36. The molecule has 2 aliphatic rings. The van der Waals surface area contributed by atoms with Gasteiger partial charge in [-0.15, -0.1) is 0 Å². The Balaban J connectivity index is 1.80. The van der Waals surface area contributed by atoms with E-state index in [9.17, 15) is 14.9 Å². The zero-order valence-electron chi connectivity index (χ0n) is 15.6. The van der Waals surface area contributed by atoms with Crippen LogP contribution in [0.4, 0.5) is 0 Å². The number of aliphatic carboxylic acids is 1.